The molecule has 1 aliphatic carbocycles. The summed E-state index contributed by atoms with van der Waals surface area (Å²) >= 11 is 1.42. The van der Waals surface area contributed by atoms with Crippen molar-refractivity contribution < 1.29 is 9.90 Å². The highest BCUT2D eigenvalue weighted by molar-refractivity contribution is 7.13. The average molecular weight is 329 g/mol. The molecule has 1 aromatic heterocycles. The van der Waals surface area contributed by atoms with Gasteiger partial charge in [-0.2, -0.15) is 0 Å². The Bertz CT molecular complexity index is 684. The van der Waals surface area contributed by atoms with Crippen molar-refractivity contribution in [2.75, 3.05) is 11.9 Å². The van der Waals surface area contributed by atoms with Crippen molar-refractivity contribution in [1.29, 1.82) is 0 Å². The lowest BCUT2D eigenvalue weighted by Crippen LogP contribution is -2.36. The van der Waals surface area contributed by atoms with Crippen molar-refractivity contribution in [2.45, 2.75) is 18.9 Å². The molecule has 0 aliphatic heterocycles. The molecule has 2 atom stereocenters. The molecule has 1 heterocycles. The Morgan fingerprint density at radius 1 is 1.30 bits per heavy atom. The summed E-state index contributed by atoms with van der Waals surface area (Å²) in [5.74, 6) is 0.137. The summed E-state index contributed by atoms with van der Waals surface area (Å²) in [6.45, 7) is 0.117. The minimum absolute atomic E-state index is 0.0316. The van der Waals surface area contributed by atoms with E-state index < -0.39 is 0 Å². The fraction of sp³-hybridized carbons (Fsp3) is 0.294. The molecule has 0 spiro atoms. The van der Waals surface area contributed by atoms with Crippen molar-refractivity contribution in [3.63, 3.8) is 0 Å². The predicted molar refractivity (Wildman–Crippen MR) is 91.6 cm³/mol. The third-order valence-electron chi connectivity index (χ3n) is 3.72. The first-order valence-corrected chi connectivity index (χ1v) is 8.46. The number of hydrogen-bond donors (Lipinski definition) is 3. The molecule has 120 valence electrons. The molecule has 23 heavy (non-hydrogen) atoms. The fourth-order valence-corrected chi connectivity index (χ4v) is 3.27. The maximum absolute atomic E-state index is 12.0. The SMILES string of the molecule is O=C(Nc1nc(Cc2ccccc2)cs1)N[C@@H]1C=C[C@H](CO)C1. The van der Waals surface area contributed by atoms with Crippen LogP contribution >= 0.6 is 11.3 Å². The van der Waals surface area contributed by atoms with Gasteiger partial charge in [-0.1, -0.05) is 42.5 Å². The van der Waals surface area contributed by atoms with Crippen LogP contribution in [-0.2, 0) is 6.42 Å². The van der Waals surface area contributed by atoms with Crippen LogP contribution in [0.15, 0.2) is 47.9 Å². The Labute approximate surface area is 139 Å². The van der Waals surface area contributed by atoms with E-state index in [1.54, 1.807) is 0 Å². The van der Waals surface area contributed by atoms with Crippen molar-refractivity contribution >= 4 is 22.5 Å². The van der Waals surface area contributed by atoms with Crippen LogP contribution in [-0.4, -0.2) is 28.8 Å². The third-order valence-corrected chi connectivity index (χ3v) is 4.53. The van der Waals surface area contributed by atoms with Crippen LogP contribution in [0.5, 0.6) is 0 Å². The number of thiazole rings is 1. The second-order valence-corrected chi connectivity index (χ2v) is 6.43. The number of nitrogens with one attached hydrogen (secondary N) is 2. The summed E-state index contributed by atoms with van der Waals surface area (Å²) in [5.41, 5.74) is 2.14. The van der Waals surface area contributed by atoms with Crippen LogP contribution in [0.25, 0.3) is 0 Å². The first kappa shape index (κ1) is 15.7. The molecule has 0 saturated heterocycles. The monoisotopic (exact) mass is 329 g/mol. The van der Waals surface area contributed by atoms with Crippen molar-refractivity contribution in [3.05, 3.63) is 59.1 Å². The van der Waals surface area contributed by atoms with E-state index in [0.717, 1.165) is 18.5 Å². The summed E-state index contributed by atoms with van der Waals surface area (Å²) in [6.07, 6.45) is 5.35. The molecule has 1 aliphatic rings. The van der Waals surface area contributed by atoms with Crippen LogP contribution in [0.3, 0.4) is 0 Å². The van der Waals surface area contributed by atoms with Gasteiger partial charge >= 0.3 is 6.03 Å². The molecule has 0 saturated carbocycles. The number of aliphatic hydroxyl groups is 1. The van der Waals surface area contributed by atoms with Crippen molar-refractivity contribution in [2.24, 2.45) is 5.92 Å². The first-order valence-electron chi connectivity index (χ1n) is 7.58. The van der Waals surface area contributed by atoms with Gasteiger partial charge in [0, 0.05) is 30.4 Å². The highest BCUT2D eigenvalue weighted by Crippen LogP contribution is 2.19. The van der Waals surface area contributed by atoms with Crippen molar-refractivity contribution in [1.82, 2.24) is 10.3 Å². The summed E-state index contributed by atoms with van der Waals surface area (Å²) in [7, 11) is 0. The lowest BCUT2D eigenvalue weighted by molar-refractivity contribution is 0.238. The minimum Gasteiger partial charge on any atom is -0.396 e. The number of nitrogens with zero attached hydrogens (tertiary/aromatic N) is 1. The normalized spacial score (nSPS) is 19.7. The van der Waals surface area contributed by atoms with Gasteiger partial charge in [-0.15, -0.1) is 11.3 Å². The molecule has 0 radical (unpaired) electrons. The molecular formula is C17H19N3O2S. The van der Waals surface area contributed by atoms with Gasteiger partial charge in [0.1, 0.15) is 0 Å². The quantitative estimate of drug-likeness (QED) is 0.739. The fourth-order valence-electron chi connectivity index (χ4n) is 2.57. The minimum atomic E-state index is -0.265. The smallest absolute Gasteiger partial charge is 0.321 e. The number of benzene rings is 1. The number of aromatic nitrogens is 1. The Hall–Kier alpha value is -2.18. The van der Waals surface area contributed by atoms with E-state index in [1.807, 2.05) is 35.7 Å². The van der Waals surface area contributed by atoms with Crippen molar-refractivity contribution in [3.8, 4) is 0 Å². The first-order chi connectivity index (χ1) is 11.2. The summed E-state index contributed by atoms with van der Waals surface area (Å²) in [5, 5.41) is 17.3. The van der Waals surface area contributed by atoms with Crippen LogP contribution < -0.4 is 10.6 Å². The Morgan fingerprint density at radius 2 is 2.13 bits per heavy atom. The molecule has 5 nitrogen and oxygen atoms in total. The zero-order chi connectivity index (χ0) is 16.1. The van der Waals surface area contributed by atoms with Crippen LogP contribution in [0.2, 0.25) is 0 Å². The van der Waals surface area contributed by atoms with Crippen LogP contribution in [0.1, 0.15) is 17.7 Å². The summed E-state index contributed by atoms with van der Waals surface area (Å²) < 4.78 is 0. The van der Waals surface area contributed by atoms with Gasteiger partial charge in [0.05, 0.1) is 5.69 Å². The van der Waals surface area contributed by atoms with Gasteiger partial charge in [0.25, 0.3) is 0 Å². The second-order valence-electron chi connectivity index (χ2n) is 5.57. The Morgan fingerprint density at radius 3 is 2.87 bits per heavy atom. The van der Waals surface area contributed by atoms with E-state index in [4.69, 9.17) is 5.11 Å². The number of urea groups is 1. The highest BCUT2D eigenvalue weighted by atomic mass is 32.1. The molecule has 2 aromatic rings. The zero-order valence-corrected chi connectivity index (χ0v) is 13.4. The standard InChI is InChI=1S/C17H19N3O2S/c21-10-13-6-7-14(9-13)18-16(22)20-17-19-15(11-23-17)8-12-4-2-1-3-5-12/h1-7,11,13-14,21H,8-10H2,(H2,18,19,20,22)/t13-,14+/m0/s1. The largest absolute Gasteiger partial charge is 0.396 e. The van der Waals surface area contributed by atoms with Gasteiger partial charge in [-0.05, 0) is 12.0 Å². The van der Waals surface area contributed by atoms with Gasteiger partial charge in [0.2, 0.25) is 0 Å². The van der Waals surface area contributed by atoms with E-state index in [2.05, 4.69) is 27.8 Å². The number of anilines is 1. The molecule has 3 rings (SSSR count). The Balaban J connectivity index is 1.51. The van der Waals surface area contributed by atoms with E-state index in [-0.39, 0.29) is 24.6 Å². The number of rotatable bonds is 5. The number of carbonyl (C=O) groups excluding carboxylic acids is 1. The van der Waals surface area contributed by atoms with E-state index in [9.17, 15) is 4.79 Å². The molecule has 0 fully saturated rings. The topological polar surface area (TPSA) is 74.2 Å². The van der Waals surface area contributed by atoms with E-state index in [0.29, 0.717) is 5.13 Å². The number of amides is 2. The molecule has 2 amide bonds. The van der Waals surface area contributed by atoms with E-state index >= 15 is 0 Å². The van der Waals surface area contributed by atoms with Gasteiger partial charge in [0.15, 0.2) is 5.13 Å². The van der Waals surface area contributed by atoms with Gasteiger partial charge < -0.3 is 10.4 Å². The van der Waals surface area contributed by atoms with Gasteiger partial charge in [-0.25, -0.2) is 9.78 Å². The van der Waals surface area contributed by atoms with Gasteiger partial charge in [-0.3, -0.25) is 5.32 Å². The Kier molecular flexibility index (Phi) is 5.05. The maximum atomic E-state index is 12.0. The summed E-state index contributed by atoms with van der Waals surface area (Å²) in [4.78, 5) is 16.4. The molecule has 6 heteroatoms. The number of aliphatic hydroxyl groups excluding tert-OH is 1. The average Bonchev–Trinajstić information content (AvgIpc) is 3.18. The maximum Gasteiger partial charge on any atom is 0.321 e. The molecule has 0 unspecified atom stereocenters. The number of carbonyl (C=O) groups is 1. The molecule has 0 bridgehead atoms. The number of hydrogen-bond acceptors (Lipinski definition) is 4. The van der Waals surface area contributed by atoms with E-state index in [1.165, 1.54) is 16.9 Å². The third kappa shape index (κ3) is 4.40. The lowest BCUT2D eigenvalue weighted by Gasteiger charge is -2.12. The lowest BCUT2D eigenvalue weighted by atomic mass is 10.1. The molecule has 3 N–H and O–H groups in total. The zero-order valence-electron chi connectivity index (χ0n) is 12.6. The molecule has 1 aromatic carbocycles. The molecular weight excluding hydrogens is 310 g/mol. The highest BCUT2D eigenvalue weighted by Gasteiger charge is 2.20. The summed E-state index contributed by atoms with van der Waals surface area (Å²) in [6, 6.07) is 9.81. The van der Waals surface area contributed by atoms with Crippen LogP contribution in [0.4, 0.5) is 9.93 Å². The second kappa shape index (κ2) is 7.39. The van der Waals surface area contributed by atoms with Crippen LogP contribution in [0, 0.1) is 5.92 Å². The predicted octanol–water partition coefficient (Wildman–Crippen LogP) is 2.79.